The van der Waals surface area contributed by atoms with Gasteiger partial charge in [0.1, 0.15) is 5.78 Å². The van der Waals surface area contributed by atoms with Gasteiger partial charge in [0.25, 0.3) is 0 Å². The van der Waals surface area contributed by atoms with E-state index in [2.05, 4.69) is 4.74 Å². The van der Waals surface area contributed by atoms with Crippen LogP contribution >= 0.6 is 0 Å². The molecular weight excluding hydrogens is 384 g/mol. The molecule has 1 saturated heterocycles. The molecule has 1 spiro atoms. The SMILES string of the molecule is COC(=O)CCCCCC(=O)[C@@H]1[C@H](C(C(=O)OC)C(=O)OC)CCC12OCCO2. The number of rotatable bonds is 10. The number of Topliss-reactive ketones (excluding diaryl/α,β-unsaturated/α-hetero) is 1. The molecule has 29 heavy (non-hydrogen) atoms. The number of hydrogen-bond donors (Lipinski definition) is 0. The van der Waals surface area contributed by atoms with Crippen LogP contribution in [0.1, 0.15) is 44.9 Å². The van der Waals surface area contributed by atoms with E-state index in [9.17, 15) is 19.2 Å². The van der Waals surface area contributed by atoms with E-state index in [-0.39, 0.29) is 18.2 Å². The summed E-state index contributed by atoms with van der Waals surface area (Å²) in [6.07, 6.45) is 3.26. The highest BCUT2D eigenvalue weighted by atomic mass is 16.7. The summed E-state index contributed by atoms with van der Waals surface area (Å²) in [6, 6.07) is 0. The van der Waals surface area contributed by atoms with Crippen molar-refractivity contribution in [2.45, 2.75) is 50.7 Å². The van der Waals surface area contributed by atoms with Gasteiger partial charge in [-0.1, -0.05) is 6.42 Å². The summed E-state index contributed by atoms with van der Waals surface area (Å²) in [7, 11) is 3.74. The molecule has 2 fully saturated rings. The molecule has 0 aromatic rings. The third-order valence-corrected chi connectivity index (χ3v) is 5.72. The van der Waals surface area contributed by atoms with Gasteiger partial charge in [-0.15, -0.1) is 0 Å². The molecule has 2 rings (SSSR count). The number of carbonyl (C=O) groups excluding carboxylic acids is 4. The van der Waals surface area contributed by atoms with Gasteiger partial charge in [-0.3, -0.25) is 19.2 Å². The van der Waals surface area contributed by atoms with Crippen molar-refractivity contribution in [1.29, 1.82) is 0 Å². The Morgan fingerprint density at radius 3 is 2.03 bits per heavy atom. The zero-order valence-electron chi connectivity index (χ0n) is 17.3. The van der Waals surface area contributed by atoms with E-state index in [0.717, 1.165) is 0 Å². The molecule has 1 aliphatic carbocycles. The van der Waals surface area contributed by atoms with Crippen LogP contribution in [0.5, 0.6) is 0 Å². The summed E-state index contributed by atoms with van der Waals surface area (Å²) in [5.74, 6) is -5.54. The molecule has 1 aliphatic heterocycles. The Morgan fingerprint density at radius 2 is 1.48 bits per heavy atom. The van der Waals surface area contributed by atoms with Crippen molar-refractivity contribution in [2.75, 3.05) is 34.5 Å². The largest absolute Gasteiger partial charge is 0.469 e. The van der Waals surface area contributed by atoms with Crippen LogP contribution in [-0.2, 0) is 42.9 Å². The van der Waals surface area contributed by atoms with E-state index < -0.39 is 35.5 Å². The number of hydrogen-bond acceptors (Lipinski definition) is 9. The summed E-state index contributed by atoms with van der Waals surface area (Å²) in [4.78, 5) is 48.9. The maximum absolute atomic E-state index is 13.1. The lowest BCUT2D eigenvalue weighted by molar-refractivity contribution is -0.193. The molecule has 2 atom stereocenters. The molecule has 2 aliphatic rings. The highest BCUT2D eigenvalue weighted by Crippen LogP contribution is 2.50. The van der Waals surface area contributed by atoms with Crippen LogP contribution in [0.15, 0.2) is 0 Å². The Bertz CT molecular complexity index is 593. The fraction of sp³-hybridized carbons (Fsp3) is 0.800. The van der Waals surface area contributed by atoms with Gasteiger partial charge in [0.05, 0.1) is 40.5 Å². The van der Waals surface area contributed by atoms with Crippen molar-refractivity contribution in [3.05, 3.63) is 0 Å². The predicted octanol–water partition coefficient (Wildman–Crippen LogP) is 1.41. The van der Waals surface area contributed by atoms with Crippen LogP contribution in [0.3, 0.4) is 0 Å². The lowest BCUT2D eigenvalue weighted by atomic mass is 9.78. The first-order valence-corrected chi connectivity index (χ1v) is 9.93. The molecule has 0 amide bonds. The van der Waals surface area contributed by atoms with E-state index in [0.29, 0.717) is 51.7 Å². The van der Waals surface area contributed by atoms with Crippen molar-refractivity contribution in [3.63, 3.8) is 0 Å². The molecule has 0 aromatic carbocycles. The maximum atomic E-state index is 13.1. The topological polar surface area (TPSA) is 114 Å². The zero-order chi connectivity index (χ0) is 21.4. The lowest BCUT2D eigenvalue weighted by Crippen LogP contribution is -2.46. The monoisotopic (exact) mass is 414 g/mol. The first-order valence-electron chi connectivity index (χ1n) is 9.93. The number of unbranched alkanes of at least 4 members (excludes halogenated alkanes) is 2. The third-order valence-electron chi connectivity index (χ3n) is 5.72. The van der Waals surface area contributed by atoms with Crippen LogP contribution in [-0.4, -0.2) is 64.0 Å². The second-order valence-corrected chi connectivity index (χ2v) is 7.32. The molecule has 0 N–H and O–H groups in total. The highest BCUT2D eigenvalue weighted by molar-refractivity contribution is 5.96. The summed E-state index contributed by atoms with van der Waals surface area (Å²) in [5, 5.41) is 0. The Morgan fingerprint density at radius 1 is 0.897 bits per heavy atom. The van der Waals surface area contributed by atoms with E-state index in [1.54, 1.807) is 0 Å². The van der Waals surface area contributed by atoms with E-state index in [4.69, 9.17) is 18.9 Å². The Balaban J connectivity index is 2.11. The minimum Gasteiger partial charge on any atom is -0.469 e. The number of esters is 3. The van der Waals surface area contributed by atoms with Gasteiger partial charge in [-0.2, -0.15) is 0 Å². The van der Waals surface area contributed by atoms with Crippen LogP contribution < -0.4 is 0 Å². The van der Waals surface area contributed by atoms with Crippen LogP contribution in [0.25, 0.3) is 0 Å². The first-order chi connectivity index (χ1) is 13.9. The van der Waals surface area contributed by atoms with Crippen LogP contribution in [0.4, 0.5) is 0 Å². The van der Waals surface area contributed by atoms with Crippen molar-refractivity contribution < 1.29 is 42.9 Å². The molecule has 1 heterocycles. The predicted molar refractivity (Wildman–Crippen MR) is 98.5 cm³/mol. The second-order valence-electron chi connectivity index (χ2n) is 7.32. The smallest absolute Gasteiger partial charge is 0.320 e. The minimum atomic E-state index is -1.20. The van der Waals surface area contributed by atoms with E-state index >= 15 is 0 Å². The fourth-order valence-electron chi connectivity index (χ4n) is 4.36. The van der Waals surface area contributed by atoms with Crippen molar-refractivity contribution in [2.24, 2.45) is 17.8 Å². The van der Waals surface area contributed by atoms with Crippen LogP contribution in [0, 0.1) is 17.8 Å². The second kappa shape index (κ2) is 10.7. The zero-order valence-corrected chi connectivity index (χ0v) is 17.3. The summed E-state index contributed by atoms with van der Waals surface area (Å²) < 4.78 is 25.8. The van der Waals surface area contributed by atoms with Gasteiger partial charge < -0.3 is 23.7 Å². The van der Waals surface area contributed by atoms with Crippen molar-refractivity contribution in [3.8, 4) is 0 Å². The quantitative estimate of drug-likeness (QED) is 0.226. The lowest BCUT2D eigenvalue weighted by Gasteiger charge is -2.32. The third kappa shape index (κ3) is 5.33. The summed E-state index contributed by atoms with van der Waals surface area (Å²) in [6.45, 7) is 0.716. The maximum Gasteiger partial charge on any atom is 0.320 e. The van der Waals surface area contributed by atoms with Crippen LogP contribution in [0.2, 0.25) is 0 Å². The minimum absolute atomic E-state index is 0.120. The highest BCUT2D eigenvalue weighted by Gasteiger charge is 2.60. The average Bonchev–Trinajstić information content (AvgIpc) is 3.34. The van der Waals surface area contributed by atoms with Gasteiger partial charge in [-0.25, -0.2) is 0 Å². The summed E-state index contributed by atoms with van der Waals surface area (Å²) >= 11 is 0. The molecule has 9 heteroatoms. The molecule has 0 radical (unpaired) electrons. The van der Waals surface area contributed by atoms with Gasteiger partial charge in [-0.05, 0) is 25.2 Å². The fourth-order valence-corrected chi connectivity index (χ4v) is 4.36. The van der Waals surface area contributed by atoms with Gasteiger partial charge in [0, 0.05) is 19.3 Å². The number of carbonyl (C=O) groups is 4. The Kier molecular flexibility index (Phi) is 8.58. The standard InChI is InChI=1S/C20H30O9/c1-25-15(22)8-6-4-5-7-14(21)17-13(9-10-20(17)28-11-12-29-20)16(18(23)26-2)19(24)27-3/h13,16-17H,4-12H2,1-3H3/t13-,17-/m0/s1. The molecule has 0 unspecified atom stereocenters. The first kappa shape index (κ1) is 23.3. The van der Waals surface area contributed by atoms with E-state index in [1.807, 2.05) is 0 Å². The van der Waals surface area contributed by atoms with Gasteiger partial charge >= 0.3 is 17.9 Å². The number of ether oxygens (including phenoxy) is 5. The van der Waals surface area contributed by atoms with Crippen molar-refractivity contribution in [1.82, 2.24) is 0 Å². The Labute approximate surface area is 170 Å². The number of ketones is 1. The van der Waals surface area contributed by atoms with Gasteiger partial charge in [0.2, 0.25) is 0 Å². The number of methoxy groups -OCH3 is 3. The van der Waals surface area contributed by atoms with Gasteiger partial charge in [0.15, 0.2) is 11.7 Å². The molecule has 164 valence electrons. The summed E-state index contributed by atoms with van der Waals surface area (Å²) in [5.41, 5.74) is 0. The molecule has 0 bridgehead atoms. The van der Waals surface area contributed by atoms with E-state index in [1.165, 1.54) is 21.3 Å². The molecule has 1 saturated carbocycles. The molecule has 9 nitrogen and oxygen atoms in total. The molecule has 0 aromatic heterocycles. The average molecular weight is 414 g/mol. The molecular formula is C20H30O9. The Hall–Kier alpha value is -2.00. The normalized spacial score (nSPS) is 22.6. The van der Waals surface area contributed by atoms with Crippen molar-refractivity contribution >= 4 is 23.7 Å².